The van der Waals surface area contributed by atoms with Gasteiger partial charge in [-0.05, 0) is 24.2 Å². The Balaban J connectivity index is 1.99. The number of nitrogens with one attached hydrogen (secondary N) is 1. The van der Waals surface area contributed by atoms with Crippen molar-refractivity contribution in [2.24, 2.45) is 0 Å². The molecule has 0 bridgehead atoms. The van der Waals surface area contributed by atoms with Crippen LogP contribution in [0.25, 0.3) is 0 Å². The van der Waals surface area contributed by atoms with Gasteiger partial charge in [-0.3, -0.25) is 0 Å². The number of benzene rings is 1. The van der Waals surface area contributed by atoms with Crippen LogP contribution >= 0.6 is 0 Å². The Hall–Kier alpha value is -1.10. The van der Waals surface area contributed by atoms with E-state index in [4.69, 9.17) is 9.47 Å². The number of methoxy groups -OCH3 is 2. The van der Waals surface area contributed by atoms with Gasteiger partial charge in [0.25, 0.3) is 0 Å². The first kappa shape index (κ1) is 14.3. The van der Waals surface area contributed by atoms with Gasteiger partial charge in [0.1, 0.15) is 12.2 Å². The van der Waals surface area contributed by atoms with Crippen molar-refractivity contribution >= 4 is 5.69 Å². The lowest BCUT2D eigenvalue weighted by atomic mass is 10.2. The molecule has 1 aliphatic rings. The molecule has 1 aromatic rings. The summed E-state index contributed by atoms with van der Waals surface area (Å²) < 4.78 is 10.9. The molecule has 19 heavy (non-hydrogen) atoms. The third kappa shape index (κ3) is 3.47. The van der Waals surface area contributed by atoms with Crippen LogP contribution in [0, 0.1) is 0 Å². The fourth-order valence-electron chi connectivity index (χ4n) is 2.50. The quantitative estimate of drug-likeness (QED) is 0.847. The second kappa shape index (κ2) is 6.89. The molecule has 0 spiro atoms. The predicted octanol–water partition coefficient (Wildman–Crippen LogP) is 1.65. The Morgan fingerprint density at radius 1 is 1.11 bits per heavy atom. The minimum atomic E-state index is 0.159. The van der Waals surface area contributed by atoms with Gasteiger partial charge in [0.2, 0.25) is 0 Å². The molecule has 106 valence electrons. The molecular formula is C15H24N2O2. The van der Waals surface area contributed by atoms with E-state index in [1.165, 1.54) is 11.3 Å². The normalized spacial score (nSPS) is 23.0. The minimum Gasteiger partial charge on any atom is -0.377 e. The molecule has 0 radical (unpaired) electrons. The van der Waals surface area contributed by atoms with Crippen LogP contribution in [0.2, 0.25) is 0 Å². The van der Waals surface area contributed by atoms with E-state index >= 15 is 0 Å². The van der Waals surface area contributed by atoms with Gasteiger partial charge in [-0.15, -0.1) is 0 Å². The van der Waals surface area contributed by atoms with Gasteiger partial charge in [0.15, 0.2) is 0 Å². The molecule has 1 saturated heterocycles. The molecule has 4 nitrogen and oxygen atoms in total. The van der Waals surface area contributed by atoms with Crippen LogP contribution in [0.15, 0.2) is 24.3 Å². The number of rotatable bonds is 6. The summed E-state index contributed by atoms with van der Waals surface area (Å²) in [6.45, 7) is 5.83. The molecule has 4 heteroatoms. The highest BCUT2D eigenvalue weighted by Gasteiger charge is 2.32. The molecule has 0 aliphatic carbocycles. The number of nitrogens with zero attached hydrogens (tertiary/aromatic N) is 1. The molecule has 0 aromatic heterocycles. The molecule has 1 aromatic carbocycles. The largest absolute Gasteiger partial charge is 0.377 e. The summed E-state index contributed by atoms with van der Waals surface area (Å²) in [5, 5.41) is 3.33. The molecule has 2 unspecified atom stereocenters. The summed E-state index contributed by atoms with van der Waals surface area (Å²) in [4.78, 5) is 2.32. The third-order valence-corrected chi connectivity index (χ3v) is 3.70. The van der Waals surface area contributed by atoms with Crippen molar-refractivity contribution in [1.29, 1.82) is 0 Å². The van der Waals surface area contributed by atoms with E-state index in [9.17, 15) is 0 Å². The third-order valence-electron chi connectivity index (χ3n) is 3.70. The minimum absolute atomic E-state index is 0.159. The van der Waals surface area contributed by atoms with Gasteiger partial charge >= 0.3 is 0 Å². The van der Waals surface area contributed by atoms with Crippen LogP contribution in [-0.4, -0.2) is 46.1 Å². The predicted molar refractivity (Wildman–Crippen MR) is 77.6 cm³/mol. The Morgan fingerprint density at radius 2 is 1.68 bits per heavy atom. The van der Waals surface area contributed by atoms with E-state index in [-0.39, 0.29) is 12.2 Å². The molecule has 0 saturated carbocycles. The topological polar surface area (TPSA) is 33.7 Å². The molecule has 2 rings (SSSR count). The molecule has 1 N–H and O–H groups in total. The number of hydrogen-bond donors (Lipinski definition) is 1. The molecule has 1 aliphatic heterocycles. The highest BCUT2D eigenvalue weighted by atomic mass is 16.5. The van der Waals surface area contributed by atoms with Crippen LogP contribution in [-0.2, 0) is 16.0 Å². The Morgan fingerprint density at radius 3 is 2.16 bits per heavy atom. The van der Waals surface area contributed by atoms with Gasteiger partial charge in [0, 0.05) is 39.5 Å². The lowest BCUT2D eigenvalue weighted by Gasteiger charge is -2.18. The smallest absolute Gasteiger partial charge is 0.102 e. The maximum atomic E-state index is 5.47. The first-order valence-corrected chi connectivity index (χ1v) is 6.88. The fourth-order valence-corrected chi connectivity index (χ4v) is 2.50. The van der Waals surface area contributed by atoms with Crippen molar-refractivity contribution in [3.05, 3.63) is 29.8 Å². The van der Waals surface area contributed by atoms with E-state index < -0.39 is 0 Å². The summed E-state index contributed by atoms with van der Waals surface area (Å²) in [5.41, 5.74) is 2.55. The zero-order chi connectivity index (χ0) is 13.7. The average molecular weight is 264 g/mol. The Labute approximate surface area is 115 Å². The first-order valence-electron chi connectivity index (χ1n) is 6.88. The van der Waals surface area contributed by atoms with Crippen molar-refractivity contribution < 1.29 is 9.47 Å². The van der Waals surface area contributed by atoms with Crippen molar-refractivity contribution in [3.63, 3.8) is 0 Å². The van der Waals surface area contributed by atoms with E-state index in [1.54, 1.807) is 14.2 Å². The lowest BCUT2D eigenvalue weighted by Crippen LogP contribution is -2.27. The SMILES string of the molecule is CCNCc1ccc(N2CC(OC)C(OC)C2)cc1. The van der Waals surface area contributed by atoms with Gasteiger partial charge in [-0.2, -0.15) is 0 Å². The zero-order valence-electron chi connectivity index (χ0n) is 12.1. The van der Waals surface area contributed by atoms with Crippen molar-refractivity contribution in [3.8, 4) is 0 Å². The van der Waals surface area contributed by atoms with Gasteiger partial charge in [0.05, 0.1) is 0 Å². The maximum Gasteiger partial charge on any atom is 0.102 e. The van der Waals surface area contributed by atoms with Crippen LogP contribution < -0.4 is 10.2 Å². The van der Waals surface area contributed by atoms with E-state index in [0.717, 1.165) is 26.2 Å². The number of hydrogen-bond acceptors (Lipinski definition) is 4. The summed E-state index contributed by atoms with van der Waals surface area (Å²) in [6, 6.07) is 8.72. The van der Waals surface area contributed by atoms with Crippen molar-refractivity contribution in [1.82, 2.24) is 5.32 Å². The summed E-state index contributed by atoms with van der Waals surface area (Å²) in [5.74, 6) is 0. The molecule has 2 atom stereocenters. The average Bonchev–Trinajstić information content (AvgIpc) is 2.89. The van der Waals surface area contributed by atoms with Crippen LogP contribution in [0.4, 0.5) is 5.69 Å². The van der Waals surface area contributed by atoms with Crippen molar-refractivity contribution in [2.45, 2.75) is 25.7 Å². The fraction of sp³-hybridized carbons (Fsp3) is 0.600. The van der Waals surface area contributed by atoms with Crippen LogP contribution in [0.5, 0.6) is 0 Å². The standard InChI is InChI=1S/C15H24N2O2/c1-4-16-9-12-5-7-13(8-6-12)17-10-14(18-2)15(11-17)19-3/h5-8,14-16H,4,9-11H2,1-3H3. The van der Waals surface area contributed by atoms with Crippen molar-refractivity contribution in [2.75, 3.05) is 38.8 Å². The second-order valence-electron chi connectivity index (χ2n) is 4.90. The summed E-state index contributed by atoms with van der Waals surface area (Å²) in [7, 11) is 3.50. The van der Waals surface area contributed by atoms with Crippen LogP contribution in [0.1, 0.15) is 12.5 Å². The lowest BCUT2D eigenvalue weighted by molar-refractivity contribution is -0.00461. The number of ether oxygens (including phenoxy) is 2. The maximum absolute atomic E-state index is 5.47. The Kier molecular flexibility index (Phi) is 5.19. The first-order chi connectivity index (χ1) is 9.28. The highest BCUT2D eigenvalue weighted by Crippen LogP contribution is 2.23. The number of anilines is 1. The summed E-state index contributed by atoms with van der Waals surface area (Å²) in [6.07, 6.45) is 0.317. The van der Waals surface area contributed by atoms with E-state index in [0.29, 0.717) is 0 Å². The molecule has 1 fully saturated rings. The molecular weight excluding hydrogens is 240 g/mol. The monoisotopic (exact) mass is 264 g/mol. The van der Waals surface area contributed by atoms with E-state index in [2.05, 4.69) is 41.4 Å². The van der Waals surface area contributed by atoms with Crippen LogP contribution in [0.3, 0.4) is 0 Å². The van der Waals surface area contributed by atoms with Gasteiger partial charge in [-0.25, -0.2) is 0 Å². The second-order valence-corrected chi connectivity index (χ2v) is 4.90. The summed E-state index contributed by atoms with van der Waals surface area (Å²) >= 11 is 0. The van der Waals surface area contributed by atoms with Gasteiger partial charge in [-0.1, -0.05) is 19.1 Å². The highest BCUT2D eigenvalue weighted by molar-refractivity contribution is 5.49. The zero-order valence-corrected chi connectivity index (χ0v) is 12.1. The molecule has 1 heterocycles. The van der Waals surface area contributed by atoms with Gasteiger partial charge < -0.3 is 19.7 Å². The Bertz CT molecular complexity index is 368. The van der Waals surface area contributed by atoms with E-state index in [1.807, 2.05) is 0 Å². The molecule has 0 amide bonds.